The molecule has 1 heterocycles. The molecule has 1 unspecified atom stereocenters. The molecule has 0 aliphatic heterocycles. The van der Waals surface area contributed by atoms with Crippen LogP contribution in [0.25, 0.3) is 11.0 Å². The molecule has 0 aliphatic rings. The molecule has 2 rings (SSSR count). The van der Waals surface area contributed by atoms with E-state index in [2.05, 4.69) is 4.98 Å². The second-order valence-corrected chi connectivity index (χ2v) is 3.80. The average Bonchev–Trinajstić information content (AvgIpc) is 2.55. The molecule has 0 radical (unpaired) electrons. The maximum Gasteiger partial charge on any atom is 0.326 e. The van der Waals surface area contributed by atoms with Crippen LogP contribution in [0.5, 0.6) is 0 Å². The van der Waals surface area contributed by atoms with Crippen LogP contribution in [0.2, 0.25) is 0 Å². The summed E-state index contributed by atoms with van der Waals surface area (Å²) in [7, 11) is 0. The zero-order valence-corrected chi connectivity index (χ0v) is 8.80. The molecule has 0 amide bonds. The number of aromatic amines is 1. The quantitative estimate of drug-likeness (QED) is 0.811. The number of benzene rings is 1. The average molecular weight is 220 g/mol. The van der Waals surface area contributed by atoms with Crippen LogP contribution in [-0.4, -0.2) is 20.6 Å². The molecule has 1 aromatic heterocycles. The van der Waals surface area contributed by atoms with Crippen LogP contribution in [0.15, 0.2) is 29.1 Å². The summed E-state index contributed by atoms with van der Waals surface area (Å²) < 4.78 is 1.45. The number of hydrogen-bond acceptors (Lipinski definition) is 2. The van der Waals surface area contributed by atoms with Gasteiger partial charge >= 0.3 is 11.7 Å². The summed E-state index contributed by atoms with van der Waals surface area (Å²) in [5.41, 5.74) is 1.19. The van der Waals surface area contributed by atoms with Crippen molar-refractivity contribution < 1.29 is 9.90 Å². The first-order valence-electron chi connectivity index (χ1n) is 5.00. The van der Waals surface area contributed by atoms with Crippen LogP contribution in [-0.2, 0) is 11.3 Å². The predicted molar refractivity (Wildman–Crippen MR) is 59.4 cm³/mol. The van der Waals surface area contributed by atoms with Crippen LogP contribution in [0.1, 0.15) is 6.92 Å². The number of fused-ring (bicyclic) bond motifs is 1. The van der Waals surface area contributed by atoms with Gasteiger partial charge in [-0.25, -0.2) is 4.79 Å². The second-order valence-electron chi connectivity index (χ2n) is 3.80. The van der Waals surface area contributed by atoms with E-state index in [9.17, 15) is 9.59 Å². The van der Waals surface area contributed by atoms with Crippen LogP contribution in [0.3, 0.4) is 0 Å². The number of hydrogen-bond donors (Lipinski definition) is 2. The van der Waals surface area contributed by atoms with E-state index in [1.165, 1.54) is 4.57 Å². The molecule has 1 atom stereocenters. The minimum absolute atomic E-state index is 0.179. The highest BCUT2D eigenvalue weighted by atomic mass is 16.4. The Morgan fingerprint density at radius 3 is 2.88 bits per heavy atom. The number of para-hydroxylation sites is 2. The molecule has 0 aliphatic carbocycles. The Labute approximate surface area is 91.3 Å². The van der Waals surface area contributed by atoms with Crippen molar-refractivity contribution in [3.05, 3.63) is 34.7 Å². The van der Waals surface area contributed by atoms with E-state index in [1.807, 2.05) is 12.1 Å². The highest BCUT2D eigenvalue weighted by molar-refractivity contribution is 5.75. The molecule has 1 aromatic carbocycles. The molecule has 0 saturated carbocycles. The van der Waals surface area contributed by atoms with Gasteiger partial charge < -0.3 is 10.1 Å². The second kappa shape index (κ2) is 3.84. The van der Waals surface area contributed by atoms with Gasteiger partial charge in [-0.1, -0.05) is 19.1 Å². The van der Waals surface area contributed by atoms with Gasteiger partial charge in [0.25, 0.3) is 0 Å². The Hall–Kier alpha value is -2.04. The van der Waals surface area contributed by atoms with Gasteiger partial charge in [-0.2, -0.15) is 0 Å². The first kappa shape index (κ1) is 10.5. The Morgan fingerprint density at radius 2 is 2.19 bits per heavy atom. The number of H-pyrrole nitrogens is 1. The lowest BCUT2D eigenvalue weighted by atomic mass is 10.2. The number of carboxylic acids is 1. The molecule has 5 heteroatoms. The molecular formula is C11H12N2O3. The summed E-state index contributed by atoms with van der Waals surface area (Å²) in [6.07, 6.45) is 0. The van der Waals surface area contributed by atoms with E-state index in [0.29, 0.717) is 0 Å². The lowest BCUT2D eigenvalue weighted by Crippen LogP contribution is -2.24. The van der Waals surface area contributed by atoms with Crippen molar-refractivity contribution >= 4 is 17.0 Å². The summed E-state index contributed by atoms with van der Waals surface area (Å²) in [5, 5.41) is 8.82. The summed E-state index contributed by atoms with van der Waals surface area (Å²) >= 11 is 0. The number of aromatic nitrogens is 2. The van der Waals surface area contributed by atoms with Gasteiger partial charge in [0.2, 0.25) is 0 Å². The molecule has 0 saturated heterocycles. The molecule has 0 spiro atoms. The van der Waals surface area contributed by atoms with Crippen LogP contribution in [0, 0.1) is 5.92 Å². The molecule has 0 fully saturated rings. The van der Waals surface area contributed by atoms with E-state index in [4.69, 9.17) is 5.11 Å². The first-order valence-corrected chi connectivity index (χ1v) is 5.00. The van der Waals surface area contributed by atoms with Crippen molar-refractivity contribution in [3.8, 4) is 0 Å². The fourth-order valence-corrected chi connectivity index (χ4v) is 1.64. The first-order chi connectivity index (χ1) is 7.59. The van der Waals surface area contributed by atoms with Crippen molar-refractivity contribution in [1.82, 2.24) is 9.55 Å². The number of aliphatic carboxylic acids is 1. The maximum absolute atomic E-state index is 11.6. The Balaban J connectivity index is 2.48. The van der Waals surface area contributed by atoms with Gasteiger partial charge in [0, 0.05) is 6.54 Å². The third kappa shape index (κ3) is 1.71. The lowest BCUT2D eigenvalue weighted by molar-refractivity contribution is -0.141. The number of carbonyl (C=O) groups is 1. The molecule has 84 valence electrons. The Kier molecular flexibility index (Phi) is 2.52. The zero-order chi connectivity index (χ0) is 11.7. The SMILES string of the molecule is CC(Cn1c(=O)[nH]c2ccccc21)C(=O)O. The van der Waals surface area contributed by atoms with Gasteiger partial charge in [-0.15, -0.1) is 0 Å². The predicted octanol–water partition coefficient (Wildman–Crippen LogP) is 1.05. The number of rotatable bonds is 3. The highest BCUT2D eigenvalue weighted by Crippen LogP contribution is 2.10. The summed E-state index contributed by atoms with van der Waals surface area (Å²) in [6.45, 7) is 1.76. The Bertz CT molecular complexity index is 582. The maximum atomic E-state index is 11.6. The van der Waals surface area contributed by atoms with E-state index in [-0.39, 0.29) is 12.2 Å². The molecule has 2 N–H and O–H groups in total. The fraction of sp³-hybridized carbons (Fsp3) is 0.273. The smallest absolute Gasteiger partial charge is 0.326 e. The number of nitrogens with zero attached hydrogens (tertiary/aromatic N) is 1. The summed E-state index contributed by atoms with van der Waals surface area (Å²) in [5.74, 6) is -1.49. The van der Waals surface area contributed by atoms with Crippen molar-refractivity contribution in [2.45, 2.75) is 13.5 Å². The number of imidazole rings is 1. The van der Waals surface area contributed by atoms with Crippen molar-refractivity contribution in [3.63, 3.8) is 0 Å². The normalized spacial score (nSPS) is 12.8. The third-order valence-electron chi connectivity index (χ3n) is 2.56. The zero-order valence-electron chi connectivity index (χ0n) is 8.80. The summed E-state index contributed by atoms with van der Waals surface area (Å²) in [4.78, 5) is 25.0. The largest absolute Gasteiger partial charge is 0.481 e. The van der Waals surface area contributed by atoms with Crippen LogP contribution in [0.4, 0.5) is 0 Å². The van der Waals surface area contributed by atoms with Crippen LogP contribution < -0.4 is 5.69 Å². The third-order valence-corrected chi connectivity index (χ3v) is 2.56. The van der Waals surface area contributed by atoms with E-state index in [1.54, 1.807) is 19.1 Å². The van der Waals surface area contributed by atoms with Gasteiger partial charge in [0.05, 0.1) is 17.0 Å². The lowest BCUT2D eigenvalue weighted by Gasteiger charge is -2.06. The number of nitrogens with one attached hydrogen (secondary N) is 1. The van der Waals surface area contributed by atoms with Crippen molar-refractivity contribution in [1.29, 1.82) is 0 Å². The molecule has 5 nitrogen and oxygen atoms in total. The molecule has 2 aromatic rings. The fourth-order valence-electron chi connectivity index (χ4n) is 1.64. The Morgan fingerprint density at radius 1 is 1.50 bits per heavy atom. The van der Waals surface area contributed by atoms with E-state index >= 15 is 0 Å². The van der Waals surface area contributed by atoms with Gasteiger partial charge in [0.1, 0.15) is 0 Å². The minimum Gasteiger partial charge on any atom is -0.481 e. The van der Waals surface area contributed by atoms with Gasteiger partial charge in [0.15, 0.2) is 0 Å². The number of carboxylic acid groups (broad SMARTS) is 1. The summed E-state index contributed by atoms with van der Waals surface area (Å²) in [6, 6.07) is 7.22. The molecule has 0 bridgehead atoms. The van der Waals surface area contributed by atoms with Gasteiger partial charge in [-0.3, -0.25) is 9.36 Å². The van der Waals surface area contributed by atoms with Crippen LogP contribution >= 0.6 is 0 Å². The van der Waals surface area contributed by atoms with Crippen molar-refractivity contribution in [2.24, 2.45) is 5.92 Å². The van der Waals surface area contributed by atoms with Gasteiger partial charge in [-0.05, 0) is 12.1 Å². The molecule has 16 heavy (non-hydrogen) atoms. The highest BCUT2D eigenvalue weighted by Gasteiger charge is 2.14. The standard InChI is InChI=1S/C11H12N2O3/c1-7(10(14)15)6-13-9-5-3-2-4-8(9)12-11(13)16/h2-5,7H,6H2,1H3,(H,12,16)(H,14,15). The van der Waals surface area contributed by atoms with E-state index < -0.39 is 11.9 Å². The molecular weight excluding hydrogens is 208 g/mol. The van der Waals surface area contributed by atoms with E-state index in [0.717, 1.165) is 11.0 Å². The van der Waals surface area contributed by atoms with Crippen molar-refractivity contribution in [2.75, 3.05) is 0 Å². The monoisotopic (exact) mass is 220 g/mol. The topological polar surface area (TPSA) is 75.1 Å². The minimum atomic E-state index is -0.905.